The number of carbonyl (C=O) groups excluding carboxylic acids is 2. The molecule has 2 amide bonds. The number of halogens is 1. The van der Waals surface area contributed by atoms with E-state index in [-0.39, 0.29) is 47.7 Å². The van der Waals surface area contributed by atoms with Gasteiger partial charge in [0.25, 0.3) is 11.8 Å². The third kappa shape index (κ3) is 4.56. The van der Waals surface area contributed by atoms with E-state index in [1.54, 1.807) is 21.6 Å². The van der Waals surface area contributed by atoms with Crippen molar-refractivity contribution in [1.82, 2.24) is 19.7 Å². The lowest BCUT2D eigenvalue weighted by atomic mass is 10.0. The number of carbonyl (C=O) groups is 2. The molecular weight excluding hydrogens is 427 g/mol. The Morgan fingerprint density at radius 2 is 1.94 bits per heavy atom. The molecule has 1 saturated heterocycles. The topological polar surface area (TPSA) is 94.9 Å². The number of nitrogens with one attached hydrogen (secondary N) is 1. The number of hydrogen-bond donors (Lipinski definition) is 2. The fourth-order valence-electron chi connectivity index (χ4n) is 4.67. The minimum absolute atomic E-state index is 0.0677. The Morgan fingerprint density at radius 1 is 1.24 bits per heavy atom. The summed E-state index contributed by atoms with van der Waals surface area (Å²) in [4.78, 5) is 42.4. The Labute approximate surface area is 191 Å². The van der Waals surface area contributed by atoms with Gasteiger partial charge >= 0.3 is 0 Å². The fourth-order valence-corrected chi connectivity index (χ4v) is 4.67. The van der Waals surface area contributed by atoms with E-state index in [9.17, 15) is 23.9 Å². The monoisotopic (exact) mass is 456 g/mol. The molecule has 2 aliphatic heterocycles. The van der Waals surface area contributed by atoms with Crippen molar-refractivity contribution in [3.63, 3.8) is 0 Å². The first-order valence-corrected chi connectivity index (χ1v) is 11.2. The number of nitrogens with zero attached hydrogens (tertiary/aromatic N) is 3. The first-order valence-electron chi connectivity index (χ1n) is 11.2. The van der Waals surface area contributed by atoms with Crippen LogP contribution in [0.1, 0.15) is 53.6 Å². The highest BCUT2D eigenvalue weighted by Gasteiger charge is 2.45. The van der Waals surface area contributed by atoms with Crippen LogP contribution in [0.25, 0.3) is 0 Å². The SMILES string of the molecule is CC(C)CN1C(O)C[C@H](C)N2C(=O)c3cc(=O)c(C(=O)NCc4ccc(F)cc4)cn3C[C@@H]12. The molecule has 8 nitrogen and oxygen atoms in total. The van der Waals surface area contributed by atoms with E-state index in [1.165, 1.54) is 24.4 Å². The van der Waals surface area contributed by atoms with Crippen LogP contribution in [-0.4, -0.2) is 56.3 Å². The predicted molar refractivity (Wildman–Crippen MR) is 120 cm³/mol. The molecule has 1 aromatic carbocycles. The summed E-state index contributed by atoms with van der Waals surface area (Å²) in [7, 11) is 0. The maximum absolute atomic E-state index is 13.3. The number of aromatic nitrogens is 1. The second kappa shape index (κ2) is 9.07. The molecule has 2 N–H and O–H groups in total. The summed E-state index contributed by atoms with van der Waals surface area (Å²) in [6.45, 7) is 7.09. The number of rotatable bonds is 5. The smallest absolute Gasteiger partial charge is 0.272 e. The number of hydrogen-bond acceptors (Lipinski definition) is 5. The highest BCUT2D eigenvalue weighted by molar-refractivity contribution is 5.97. The molecule has 1 unspecified atom stereocenters. The third-order valence-corrected chi connectivity index (χ3v) is 6.24. The van der Waals surface area contributed by atoms with Crippen LogP contribution in [0.15, 0.2) is 41.3 Å². The molecule has 2 aliphatic rings. The number of amides is 2. The van der Waals surface area contributed by atoms with Gasteiger partial charge in [0.15, 0.2) is 5.43 Å². The van der Waals surface area contributed by atoms with E-state index in [1.807, 2.05) is 25.7 Å². The minimum atomic E-state index is -0.671. The molecule has 4 rings (SSSR count). The second-order valence-corrected chi connectivity index (χ2v) is 9.25. The Balaban J connectivity index is 1.61. The molecule has 2 aromatic rings. The van der Waals surface area contributed by atoms with Gasteiger partial charge < -0.3 is 19.9 Å². The Hall–Kier alpha value is -3.04. The van der Waals surface area contributed by atoms with E-state index < -0.39 is 17.6 Å². The van der Waals surface area contributed by atoms with Gasteiger partial charge in [-0.2, -0.15) is 0 Å². The molecule has 33 heavy (non-hydrogen) atoms. The number of benzene rings is 1. The quantitative estimate of drug-likeness (QED) is 0.715. The van der Waals surface area contributed by atoms with Crippen LogP contribution in [0.5, 0.6) is 0 Å². The van der Waals surface area contributed by atoms with E-state index >= 15 is 0 Å². The first-order chi connectivity index (χ1) is 15.7. The van der Waals surface area contributed by atoms with Crippen molar-refractivity contribution in [3.05, 3.63) is 69.4 Å². The van der Waals surface area contributed by atoms with Gasteiger partial charge in [0.1, 0.15) is 29.5 Å². The highest BCUT2D eigenvalue weighted by atomic mass is 19.1. The van der Waals surface area contributed by atoms with Crippen LogP contribution in [0.3, 0.4) is 0 Å². The number of pyridine rings is 1. The largest absolute Gasteiger partial charge is 0.378 e. The summed E-state index contributed by atoms with van der Waals surface area (Å²) in [6, 6.07) is 6.76. The summed E-state index contributed by atoms with van der Waals surface area (Å²) >= 11 is 0. The maximum atomic E-state index is 13.3. The highest BCUT2D eigenvalue weighted by Crippen LogP contribution is 2.31. The standard InChI is InChI=1S/C24H29FN4O4/c1-14(2)11-28-21-13-27-12-18(23(32)26-10-16-4-6-17(25)7-5-16)20(30)9-19(27)24(33)29(21)15(3)8-22(28)31/h4-7,9,12,14-15,21-22,31H,8,10-11,13H2,1-3H3,(H,26,32)/t15-,21-,22?/m0/s1. The zero-order chi connectivity index (χ0) is 23.9. The summed E-state index contributed by atoms with van der Waals surface area (Å²) in [6.07, 6.45) is 0.814. The van der Waals surface area contributed by atoms with Gasteiger partial charge in [-0.25, -0.2) is 4.39 Å². The maximum Gasteiger partial charge on any atom is 0.272 e. The van der Waals surface area contributed by atoms with Gasteiger partial charge in [-0.15, -0.1) is 0 Å². The van der Waals surface area contributed by atoms with E-state index in [2.05, 4.69) is 5.32 Å². The zero-order valence-electron chi connectivity index (χ0n) is 19.0. The molecule has 176 valence electrons. The molecular formula is C24H29FN4O4. The van der Waals surface area contributed by atoms with Crippen molar-refractivity contribution in [3.8, 4) is 0 Å². The van der Waals surface area contributed by atoms with E-state index in [0.29, 0.717) is 25.1 Å². The Kier molecular flexibility index (Phi) is 6.36. The molecule has 1 fully saturated rings. The van der Waals surface area contributed by atoms with Crippen LogP contribution >= 0.6 is 0 Å². The van der Waals surface area contributed by atoms with Crippen molar-refractivity contribution in [2.45, 2.75) is 58.7 Å². The number of fused-ring (bicyclic) bond motifs is 2. The van der Waals surface area contributed by atoms with Gasteiger partial charge in [0.05, 0.1) is 6.54 Å². The normalized spacial score (nSPS) is 22.8. The van der Waals surface area contributed by atoms with Gasteiger partial charge in [-0.3, -0.25) is 19.3 Å². The van der Waals surface area contributed by atoms with Gasteiger partial charge in [0, 0.05) is 37.8 Å². The van der Waals surface area contributed by atoms with Crippen LogP contribution in [-0.2, 0) is 13.1 Å². The van der Waals surface area contributed by atoms with Crippen molar-refractivity contribution < 1.29 is 19.1 Å². The summed E-state index contributed by atoms with van der Waals surface area (Å²) in [5.74, 6) is -0.932. The fraction of sp³-hybridized carbons (Fsp3) is 0.458. The summed E-state index contributed by atoms with van der Waals surface area (Å²) in [5, 5.41) is 13.4. The average Bonchev–Trinajstić information content (AvgIpc) is 2.75. The molecule has 3 atom stereocenters. The Morgan fingerprint density at radius 3 is 2.61 bits per heavy atom. The lowest BCUT2D eigenvalue weighted by molar-refractivity contribution is -0.136. The van der Waals surface area contributed by atoms with Crippen molar-refractivity contribution in [2.24, 2.45) is 5.92 Å². The molecule has 0 saturated carbocycles. The van der Waals surface area contributed by atoms with Crippen molar-refractivity contribution in [2.75, 3.05) is 6.54 Å². The lowest BCUT2D eigenvalue weighted by Gasteiger charge is -2.52. The van der Waals surface area contributed by atoms with E-state index in [4.69, 9.17) is 0 Å². The summed E-state index contributed by atoms with van der Waals surface area (Å²) < 4.78 is 14.7. The number of aliphatic hydroxyl groups is 1. The van der Waals surface area contributed by atoms with Gasteiger partial charge in [0.2, 0.25) is 0 Å². The number of aliphatic hydroxyl groups excluding tert-OH is 1. The zero-order valence-corrected chi connectivity index (χ0v) is 19.0. The average molecular weight is 457 g/mol. The van der Waals surface area contributed by atoms with Crippen molar-refractivity contribution in [1.29, 1.82) is 0 Å². The van der Waals surface area contributed by atoms with Crippen LogP contribution in [0, 0.1) is 11.7 Å². The van der Waals surface area contributed by atoms with Crippen LogP contribution < -0.4 is 10.7 Å². The molecule has 0 radical (unpaired) electrons. The first kappa shape index (κ1) is 23.1. The van der Waals surface area contributed by atoms with Crippen molar-refractivity contribution >= 4 is 11.8 Å². The van der Waals surface area contributed by atoms with Crippen LogP contribution in [0.4, 0.5) is 4.39 Å². The second-order valence-electron chi connectivity index (χ2n) is 9.25. The van der Waals surface area contributed by atoms with Gasteiger partial charge in [-0.05, 0) is 30.5 Å². The lowest BCUT2D eigenvalue weighted by Crippen LogP contribution is -2.67. The Bertz CT molecular complexity index is 1110. The minimum Gasteiger partial charge on any atom is -0.378 e. The third-order valence-electron chi connectivity index (χ3n) is 6.24. The predicted octanol–water partition coefficient (Wildman–Crippen LogP) is 1.77. The molecule has 0 bridgehead atoms. The molecule has 1 aromatic heterocycles. The van der Waals surface area contributed by atoms with E-state index in [0.717, 1.165) is 0 Å². The van der Waals surface area contributed by atoms with Gasteiger partial charge in [-0.1, -0.05) is 26.0 Å². The molecule has 3 heterocycles. The molecule has 0 spiro atoms. The van der Waals surface area contributed by atoms with Crippen LogP contribution in [0.2, 0.25) is 0 Å². The summed E-state index contributed by atoms with van der Waals surface area (Å²) in [5.41, 5.74) is 0.331. The molecule has 0 aliphatic carbocycles. The molecule has 9 heteroatoms.